The van der Waals surface area contributed by atoms with E-state index in [1.165, 1.54) is 11.1 Å². The minimum Gasteiger partial charge on any atom is -0.490 e. The molecule has 7 atom stereocenters. The fourth-order valence-corrected chi connectivity index (χ4v) is 9.88. The van der Waals surface area contributed by atoms with Crippen LogP contribution in [0.25, 0.3) is 0 Å². The second kappa shape index (κ2) is 11.3. The van der Waals surface area contributed by atoms with Gasteiger partial charge in [0.25, 0.3) is 5.91 Å². The molecular weight excluding hydrogens is 610 g/mol. The molecule has 10 heteroatoms. The van der Waals surface area contributed by atoms with Crippen molar-refractivity contribution in [2.75, 3.05) is 31.1 Å². The number of nitrogens with zero attached hydrogens (tertiary/aromatic N) is 1. The zero-order valence-corrected chi connectivity index (χ0v) is 27.6. The number of hydrogen-bond donors (Lipinski definition) is 2. The van der Waals surface area contributed by atoms with Crippen LogP contribution >= 0.6 is 11.6 Å². The molecule has 240 valence electrons. The molecule has 1 saturated heterocycles. The van der Waals surface area contributed by atoms with Crippen molar-refractivity contribution < 1.29 is 23.3 Å². The van der Waals surface area contributed by atoms with Gasteiger partial charge in [0.05, 0.1) is 28.5 Å². The molecule has 8 nitrogen and oxygen atoms in total. The number of aryl methyl sites for hydroxylation is 1. The number of hydrogen-bond acceptors (Lipinski definition) is 6. The zero-order valence-electron chi connectivity index (χ0n) is 26.0. The van der Waals surface area contributed by atoms with Crippen molar-refractivity contribution in [3.05, 3.63) is 70.3 Å². The van der Waals surface area contributed by atoms with Gasteiger partial charge in [-0.2, -0.15) is 0 Å². The first-order valence-electron chi connectivity index (χ1n) is 16.1. The molecule has 0 aromatic heterocycles. The summed E-state index contributed by atoms with van der Waals surface area (Å²) in [6.07, 6.45) is 9.30. The molecule has 5 aliphatic rings. The van der Waals surface area contributed by atoms with Crippen LogP contribution in [0.3, 0.4) is 0 Å². The number of ether oxygens (including phenoxy) is 2. The molecule has 45 heavy (non-hydrogen) atoms. The van der Waals surface area contributed by atoms with E-state index < -0.39 is 21.2 Å². The molecule has 0 radical (unpaired) electrons. The molecule has 2 N–H and O–H groups in total. The van der Waals surface area contributed by atoms with Crippen LogP contribution in [-0.4, -0.2) is 59.2 Å². The van der Waals surface area contributed by atoms with Crippen LogP contribution in [0.4, 0.5) is 10.5 Å². The third-order valence-corrected chi connectivity index (χ3v) is 13.6. The second-order valence-electron chi connectivity index (χ2n) is 13.9. The standard InChI is InChI=1S/C35H42ClN3O5S/c1-22-6-4-15-35(19-37-33(41)44-35)29-11-8-26(29)18-39-20-34(14-5-7-24-16-27(36)10-12-28(24)34)21-43-31-13-9-25(17-30(31)39)32(40)38-45(3,42)23(22)2/h4,9-10,12-13,15-17,22-23,26,29H,3,5-8,11,14,18-21H2,1-2H3,(H,37,41)(H,38,40,42)/b15-4+/t22-,23+,26-,29+,34-,35+,45?/m0/s1. The van der Waals surface area contributed by atoms with E-state index >= 15 is 0 Å². The summed E-state index contributed by atoms with van der Waals surface area (Å²) in [4.78, 5) is 28.5. The van der Waals surface area contributed by atoms with Crippen molar-refractivity contribution in [1.82, 2.24) is 10.0 Å². The number of benzene rings is 2. The second-order valence-corrected chi connectivity index (χ2v) is 16.7. The molecule has 3 heterocycles. The topological polar surface area (TPSA) is 97.0 Å². The Balaban J connectivity index is 1.33. The maximum Gasteiger partial charge on any atom is 0.408 e. The van der Waals surface area contributed by atoms with Gasteiger partial charge in [-0.05, 0) is 111 Å². The van der Waals surface area contributed by atoms with Crippen LogP contribution in [0.1, 0.15) is 67.4 Å². The van der Waals surface area contributed by atoms with Gasteiger partial charge in [-0.1, -0.05) is 30.7 Å². The van der Waals surface area contributed by atoms with Gasteiger partial charge in [-0.3, -0.25) is 9.52 Å². The number of allylic oxidation sites excluding steroid dienone is 1. The number of fused-ring (bicyclic) bond motifs is 5. The smallest absolute Gasteiger partial charge is 0.408 e. The van der Waals surface area contributed by atoms with Crippen molar-refractivity contribution in [2.45, 2.75) is 68.6 Å². The van der Waals surface area contributed by atoms with Crippen molar-refractivity contribution >= 4 is 44.9 Å². The fraction of sp³-hybridized carbons (Fsp3) is 0.514. The molecule has 2 fully saturated rings. The Hall–Kier alpha value is -3.17. The lowest BCUT2D eigenvalue weighted by Gasteiger charge is -2.48. The van der Waals surface area contributed by atoms with E-state index in [-0.39, 0.29) is 34.5 Å². The maximum atomic E-state index is 13.8. The number of carbonyl (C=O) groups excluding carboxylic acids is 2. The van der Waals surface area contributed by atoms with Gasteiger partial charge in [0.15, 0.2) is 5.60 Å². The number of rotatable bonds is 0. The molecular formula is C35H42ClN3O5S. The zero-order chi connectivity index (χ0) is 31.6. The van der Waals surface area contributed by atoms with Gasteiger partial charge in [-0.25, -0.2) is 9.00 Å². The van der Waals surface area contributed by atoms with Crippen molar-refractivity contribution in [3.8, 4) is 5.75 Å². The van der Waals surface area contributed by atoms with Crippen molar-refractivity contribution in [2.24, 2.45) is 17.8 Å². The van der Waals surface area contributed by atoms with E-state index in [1.54, 1.807) is 6.07 Å². The highest BCUT2D eigenvalue weighted by molar-refractivity contribution is 7.99. The molecule has 3 aliphatic heterocycles. The van der Waals surface area contributed by atoms with Gasteiger partial charge >= 0.3 is 6.09 Å². The summed E-state index contributed by atoms with van der Waals surface area (Å²) >= 11 is 6.43. The summed E-state index contributed by atoms with van der Waals surface area (Å²) in [6.45, 7) is 6.26. The lowest BCUT2D eigenvalue weighted by molar-refractivity contribution is -0.0241. The third-order valence-electron chi connectivity index (χ3n) is 11.2. The summed E-state index contributed by atoms with van der Waals surface area (Å²) in [5.74, 6) is 4.67. The van der Waals surface area contributed by atoms with E-state index in [0.717, 1.165) is 55.1 Å². The minimum atomic E-state index is -2.97. The molecule has 7 rings (SSSR count). The number of halogens is 1. The predicted molar refractivity (Wildman–Crippen MR) is 179 cm³/mol. The maximum absolute atomic E-state index is 13.8. The number of carbonyl (C=O) groups is 2. The van der Waals surface area contributed by atoms with Gasteiger partial charge in [0, 0.05) is 40.3 Å². The summed E-state index contributed by atoms with van der Waals surface area (Å²) < 4.78 is 29.2. The molecule has 2 aliphatic carbocycles. The molecule has 2 spiro atoms. The van der Waals surface area contributed by atoms with Crippen LogP contribution in [-0.2, 0) is 26.3 Å². The Labute approximate surface area is 271 Å². The average molecular weight is 652 g/mol. The van der Waals surface area contributed by atoms with Crippen LogP contribution < -0.4 is 19.7 Å². The Morgan fingerprint density at radius 3 is 2.73 bits per heavy atom. The number of amides is 2. The number of anilines is 1. The highest BCUT2D eigenvalue weighted by Crippen LogP contribution is 2.49. The van der Waals surface area contributed by atoms with Crippen molar-refractivity contribution in [1.29, 1.82) is 0 Å². The third kappa shape index (κ3) is 5.39. The first kappa shape index (κ1) is 30.5. The van der Waals surface area contributed by atoms with Crippen LogP contribution in [0.15, 0.2) is 48.6 Å². The Morgan fingerprint density at radius 2 is 1.98 bits per heavy atom. The normalized spacial score (nSPS) is 36.8. The first-order valence-corrected chi connectivity index (χ1v) is 18.3. The summed E-state index contributed by atoms with van der Waals surface area (Å²) in [5.41, 5.74) is 2.81. The monoisotopic (exact) mass is 651 g/mol. The molecule has 2 amide bonds. The van der Waals surface area contributed by atoms with Crippen LogP contribution in [0.5, 0.6) is 5.75 Å². The van der Waals surface area contributed by atoms with E-state index in [2.05, 4.69) is 45.1 Å². The average Bonchev–Trinajstić information content (AvgIpc) is 3.28. The van der Waals surface area contributed by atoms with Crippen LogP contribution in [0.2, 0.25) is 5.02 Å². The van der Waals surface area contributed by atoms with Crippen molar-refractivity contribution in [3.63, 3.8) is 0 Å². The fourth-order valence-electron chi connectivity index (χ4n) is 8.21. The van der Waals surface area contributed by atoms with Gasteiger partial charge in [0.2, 0.25) is 0 Å². The van der Waals surface area contributed by atoms with E-state index in [4.69, 9.17) is 21.1 Å². The van der Waals surface area contributed by atoms with E-state index in [9.17, 15) is 13.8 Å². The Bertz CT molecular complexity index is 1680. The Morgan fingerprint density at radius 1 is 1.13 bits per heavy atom. The van der Waals surface area contributed by atoms with Crippen LogP contribution in [0, 0.1) is 17.8 Å². The summed E-state index contributed by atoms with van der Waals surface area (Å²) in [5, 5.41) is 3.28. The van der Waals surface area contributed by atoms with Gasteiger partial charge in [-0.15, -0.1) is 0 Å². The Kier molecular flexibility index (Phi) is 7.63. The molecule has 1 unspecified atom stereocenters. The summed E-state index contributed by atoms with van der Waals surface area (Å²) in [6, 6.07) is 11.7. The number of nitrogens with one attached hydrogen (secondary N) is 2. The molecule has 2 aromatic rings. The lowest BCUT2D eigenvalue weighted by atomic mass is 9.64. The van der Waals surface area contributed by atoms with E-state index in [1.807, 2.05) is 32.0 Å². The predicted octanol–water partition coefficient (Wildman–Crippen LogP) is 5.66. The molecule has 2 bridgehead atoms. The summed E-state index contributed by atoms with van der Waals surface area (Å²) in [7, 11) is -2.97. The lowest BCUT2D eigenvalue weighted by Crippen LogP contribution is -2.53. The minimum absolute atomic E-state index is 0.0286. The van der Waals surface area contributed by atoms with Gasteiger partial charge in [0.1, 0.15) is 5.75 Å². The molecule has 1 saturated carbocycles. The molecule has 2 aromatic carbocycles. The highest BCUT2D eigenvalue weighted by Gasteiger charge is 2.53. The first-order chi connectivity index (χ1) is 21.5. The SMILES string of the molecule is C=S1(=O)NC(=O)c2ccc3c(c2)N(C[C@@H]2CC[C@H]2[C@@]2(/C=C/C[C@H](C)[C@H]1C)CNC(=O)O2)C[C@@]1(CCCc2cc(Cl)ccc21)CO3. The quantitative estimate of drug-likeness (QED) is 0.282. The highest BCUT2D eigenvalue weighted by atomic mass is 35.5. The van der Waals surface area contributed by atoms with E-state index in [0.29, 0.717) is 31.7 Å². The number of alkyl carbamates (subject to hydrolysis) is 1. The van der Waals surface area contributed by atoms with Gasteiger partial charge < -0.3 is 19.7 Å². The largest absolute Gasteiger partial charge is 0.490 e.